The van der Waals surface area contributed by atoms with Crippen LogP contribution in [0.2, 0.25) is 0 Å². The second-order valence-electron chi connectivity index (χ2n) is 7.45. The van der Waals surface area contributed by atoms with Crippen LogP contribution in [-0.2, 0) is 11.3 Å². The van der Waals surface area contributed by atoms with E-state index in [0.29, 0.717) is 11.5 Å². The molecule has 1 saturated heterocycles. The van der Waals surface area contributed by atoms with Crippen LogP contribution in [0.15, 0.2) is 30.5 Å². The van der Waals surface area contributed by atoms with Gasteiger partial charge in [-0.3, -0.25) is 9.59 Å². The fraction of sp³-hybridized carbons (Fsp3) is 0.500. The van der Waals surface area contributed by atoms with E-state index in [4.69, 9.17) is 9.47 Å². The number of amides is 2. The van der Waals surface area contributed by atoms with Crippen molar-refractivity contribution >= 4 is 11.8 Å². The third-order valence-corrected chi connectivity index (χ3v) is 4.69. The van der Waals surface area contributed by atoms with Gasteiger partial charge in [-0.05, 0) is 38.1 Å². The molecule has 0 saturated carbocycles. The predicted molar refractivity (Wildman–Crippen MR) is 106 cm³/mol. The normalized spacial score (nSPS) is 18.5. The molecule has 0 radical (unpaired) electrons. The van der Waals surface area contributed by atoms with E-state index in [1.807, 2.05) is 13.8 Å². The summed E-state index contributed by atoms with van der Waals surface area (Å²) in [5, 5.41) is 10.5. The molecule has 1 aromatic heterocycles. The Hall–Kier alpha value is -3.17. The number of hydrogen-bond acceptors (Lipinski definition) is 6. The molecule has 2 atom stereocenters. The number of carbonyl (C=O) groups excluding carboxylic acids is 2. The molecule has 1 aliphatic rings. The monoisotopic (exact) mass is 419 g/mol. The van der Waals surface area contributed by atoms with Crippen LogP contribution in [0.4, 0.5) is 4.39 Å². The van der Waals surface area contributed by atoms with E-state index < -0.39 is 12.2 Å². The van der Waals surface area contributed by atoms with Crippen molar-refractivity contribution in [1.29, 1.82) is 0 Å². The highest BCUT2D eigenvalue weighted by Gasteiger charge is 2.36. The van der Waals surface area contributed by atoms with Gasteiger partial charge < -0.3 is 19.7 Å². The molecule has 1 fully saturated rings. The van der Waals surface area contributed by atoms with E-state index in [-0.39, 0.29) is 49.7 Å². The van der Waals surface area contributed by atoms with Crippen LogP contribution in [0.5, 0.6) is 11.5 Å². The Labute approximate surface area is 174 Å². The fourth-order valence-corrected chi connectivity index (χ4v) is 3.28. The molecule has 2 aromatic rings. The molecule has 0 spiro atoms. The zero-order chi connectivity index (χ0) is 21.7. The number of rotatable bonds is 8. The van der Waals surface area contributed by atoms with Crippen LogP contribution in [0, 0.1) is 0 Å². The highest BCUT2D eigenvalue weighted by atomic mass is 19.1. The quantitative estimate of drug-likeness (QED) is 0.695. The molecule has 162 valence electrons. The van der Waals surface area contributed by atoms with Gasteiger partial charge in [-0.1, -0.05) is 5.21 Å². The molecule has 2 unspecified atom stereocenters. The largest absolute Gasteiger partial charge is 0.497 e. The topological polar surface area (TPSA) is 98.6 Å². The number of hydrogen-bond donors (Lipinski definition) is 1. The average molecular weight is 419 g/mol. The van der Waals surface area contributed by atoms with Crippen LogP contribution < -0.4 is 14.8 Å². The molecule has 3 rings (SSSR count). The number of nitrogens with zero attached hydrogens (tertiary/aromatic N) is 4. The van der Waals surface area contributed by atoms with Gasteiger partial charge in [0.25, 0.3) is 11.8 Å². The zero-order valence-electron chi connectivity index (χ0n) is 17.2. The Balaban J connectivity index is 1.58. The van der Waals surface area contributed by atoms with Crippen LogP contribution in [0.1, 0.15) is 30.8 Å². The molecule has 10 heteroatoms. The zero-order valence-corrected chi connectivity index (χ0v) is 17.2. The van der Waals surface area contributed by atoms with Crippen LogP contribution in [0.25, 0.3) is 0 Å². The number of carbonyl (C=O) groups is 2. The number of aromatic nitrogens is 3. The first-order valence-corrected chi connectivity index (χ1v) is 9.77. The van der Waals surface area contributed by atoms with E-state index in [1.54, 1.807) is 31.4 Å². The second kappa shape index (κ2) is 9.55. The molecule has 2 amide bonds. The number of likely N-dealkylation sites (tertiary alicyclic amines) is 1. The van der Waals surface area contributed by atoms with Crippen molar-refractivity contribution in [3.63, 3.8) is 0 Å². The van der Waals surface area contributed by atoms with Gasteiger partial charge in [0, 0.05) is 12.5 Å². The third kappa shape index (κ3) is 5.46. The predicted octanol–water partition coefficient (Wildman–Crippen LogP) is 1.44. The Kier molecular flexibility index (Phi) is 6.86. The molecule has 2 heterocycles. The number of ether oxygens (including phenoxy) is 2. The van der Waals surface area contributed by atoms with E-state index in [9.17, 15) is 14.0 Å². The number of methoxy groups -OCH3 is 1. The minimum atomic E-state index is -1.12. The van der Waals surface area contributed by atoms with Crippen molar-refractivity contribution in [3.8, 4) is 11.5 Å². The standard InChI is InChI=1S/C20H26FN5O4/c1-13(2)22-20(28)18-11-25(24-23-18)10-15-8-14(21)9-26(15)19(27)12-30-17-6-4-16(29-3)5-7-17/h4-7,11,13-15H,8-10,12H2,1-3H3,(H,22,28). The van der Waals surface area contributed by atoms with Crippen molar-refractivity contribution in [3.05, 3.63) is 36.2 Å². The van der Waals surface area contributed by atoms with Crippen molar-refractivity contribution in [1.82, 2.24) is 25.2 Å². The third-order valence-electron chi connectivity index (χ3n) is 4.69. The molecule has 0 aliphatic carbocycles. The Morgan fingerprint density at radius 3 is 2.63 bits per heavy atom. The van der Waals surface area contributed by atoms with Gasteiger partial charge in [-0.2, -0.15) is 0 Å². The summed E-state index contributed by atoms with van der Waals surface area (Å²) in [6.07, 6.45) is 0.578. The first-order valence-electron chi connectivity index (χ1n) is 9.77. The minimum Gasteiger partial charge on any atom is -0.497 e. The summed E-state index contributed by atoms with van der Waals surface area (Å²) < 4.78 is 26.1. The Morgan fingerprint density at radius 2 is 1.97 bits per heavy atom. The summed E-state index contributed by atoms with van der Waals surface area (Å²) >= 11 is 0. The van der Waals surface area contributed by atoms with Gasteiger partial charge in [0.2, 0.25) is 0 Å². The molecule has 30 heavy (non-hydrogen) atoms. The first-order chi connectivity index (χ1) is 14.4. The first kappa shape index (κ1) is 21.5. The lowest BCUT2D eigenvalue weighted by Crippen LogP contribution is -2.41. The highest BCUT2D eigenvalue weighted by molar-refractivity contribution is 5.92. The van der Waals surface area contributed by atoms with E-state index in [0.717, 1.165) is 0 Å². The molecular weight excluding hydrogens is 393 g/mol. The van der Waals surface area contributed by atoms with Crippen LogP contribution >= 0.6 is 0 Å². The van der Waals surface area contributed by atoms with Crippen molar-refractivity contribution in [2.45, 2.75) is 45.1 Å². The van der Waals surface area contributed by atoms with Gasteiger partial charge in [-0.15, -0.1) is 5.10 Å². The molecule has 1 N–H and O–H groups in total. The van der Waals surface area contributed by atoms with Gasteiger partial charge in [0.05, 0.1) is 32.4 Å². The van der Waals surface area contributed by atoms with E-state index in [1.165, 1.54) is 15.8 Å². The van der Waals surface area contributed by atoms with Crippen LogP contribution in [-0.4, -0.2) is 70.2 Å². The van der Waals surface area contributed by atoms with Gasteiger partial charge in [-0.25, -0.2) is 9.07 Å². The van der Waals surface area contributed by atoms with Gasteiger partial charge in [0.15, 0.2) is 12.3 Å². The highest BCUT2D eigenvalue weighted by Crippen LogP contribution is 2.23. The molecule has 1 aliphatic heterocycles. The average Bonchev–Trinajstić information content (AvgIpc) is 3.33. The van der Waals surface area contributed by atoms with E-state index >= 15 is 0 Å². The number of halogens is 1. The van der Waals surface area contributed by atoms with Crippen molar-refractivity contribution < 1.29 is 23.5 Å². The smallest absolute Gasteiger partial charge is 0.273 e. The summed E-state index contributed by atoms with van der Waals surface area (Å²) in [4.78, 5) is 26.1. The molecule has 9 nitrogen and oxygen atoms in total. The minimum absolute atomic E-state index is 0.00482. The summed E-state index contributed by atoms with van der Waals surface area (Å²) in [7, 11) is 1.56. The summed E-state index contributed by atoms with van der Waals surface area (Å²) in [6.45, 7) is 3.75. The molecule has 1 aromatic carbocycles. The Bertz CT molecular complexity index is 870. The lowest BCUT2D eigenvalue weighted by atomic mass is 10.2. The maximum absolute atomic E-state index is 14.1. The fourth-order valence-electron chi connectivity index (χ4n) is 3.28. The van der Waals surface area contributed by atoms with Gasteiger partial charge in [0.1, 0.15) is 17.7 Å². The lowest BCUT2D eigenvalue weighted by molar-refractivity contribution is -0.134. The molecular formula is C20H26FN5O4. The SMILES string of the molecule is COc1ccc(OCC(=O)N2CC(F)CC2Cn2cc(C(=O)NC(C)C)nn2)cc1. The second-order valence-corrected chi connectivity index (χ2v) is 7.45. The van der Waals surface area contributed by atoms with Crippen molar-refractivity contribution in [2.24, 2.45) is 0 Å². The van der Waals surface area contributed by atoms with Crippen molar-refractivity contribution in [2.75, 3.05) is 20.3 Å². The summed E-state index contributed by atoms with van der Waals surface area (Å²) in [5.41, 5.74) is 0.180. The summed E-state index contributed by atoms with van der Waals surface area (Å²) in [6, 6.07) is 6.44. The summed E-state index contributed by atoms with van der Waals surface area (Å²) in [5.74, 6) is 0.567. The maximum atomic E-state index is 14.1. The Morgan fingerprint density at radius 1 is 1.27 bits per heavy atom. The number of alkyl halides is 1. The lowest BCUT2D eigenvalue weighted by Gasteiger charge is -2.24. The van der Waals surface area contributed by atoms with Gasteiger partial charge >= 0.3 is 0 Å². The van der Waals surface area contributed by atoms with Crippen LogP contribution in [0.3, 0.4) is 0 Å². The maximum Gasteiger partial charge on any atom is 0.273 e. The van der Waals surface area contributed by atoms with E-state index in [2.05, 4.69) is 15.6 Å². The number of benzene rings is 1. The molecule has 0 bridgehead atoms. The number of nitrogens with one attached hydrogen (secondary N) is 1.